The van der Waals surface area contributed by atoms with Gasteiger partial charge in [0.2, 0.25) is 0 Å². The largest absolute Gasteiger partial charge is 0.335 e. The highest BCUT2D eigenvalue weighted by Gasteiger charge is 2.28. The molecule has 3 amide bonds. The zero-order valence-corrected chi connectivity index (χ0v) is 18.9. The topological polar surface area (TPSA) is 83.4 Å². The zero-order valence-electron chi connectivity index (χ0n) is 18.1. The number of piperazine rings is 1. The molecule has 4 rings (SSSR count). The molecule has 1 saturated heterocycles. The molecule has 166 valence electrons. The van der Waals surface area contributed by atoms with Crippen LogP contribution in [0.4, 0.5) is 4.79 Å². The normalized spacial score (nSPS) is 17.6. The molecule has 1 saturated carbocycles. The van der Waals surface area contributed by atoms with Gasteiger partial charge in [-0.1, -0.05) is 30.9 Å². The number of halogens is 1. The van der Waals surface area contributed by atoms with Crippen LogP contribution in [0.5, 0.6) is 0 Å². The average molecular weight is 445 g/mol. The minimum Gasteiger partial charge on any atom is -0.335 e. The molecule has 2 fully saturated rings. The summed E-state index contributed by atoms with van der Waals surface area (Å²) in [5.74, 6) is 0.338. The molecule has 0 bridgehead atoms. The number of nitrogens with zero attached hydrogens (tertiary/aromatic N) is 5. The van der Waals surface area contributed by atoms with E-state index in [1.165, 1.54) is 19.3 Å². The van der Waals surface area contributed by atoms with Crippen LogP contribution in [0.15, 0.2) is 18.2 Å². The molecule has 2 aromatic rings. The molecule has 0 unspecified atom stereocenters. The van der Waals surface area contributed by atoms with Crippen molar-refractivity contribution < 1.29 is 9.59 Å². The molecule has 1 N–H and O–H groups in total. The summed E-state index contributed by atoms with van der Waals surface area (Å²) in [7, 11) is 0. The van der Waals surface area contributed by atoms with Crippen molar-refractivity contribution in [2.45, 2.75) is 52.0 Å². The molecule has 0 spiro atoms. The first-order chi connectivity index (χ1) is 14.9. The number of pyridine rings is 1. The second-order valence-electron chi connectivity index (χ2n) is 8.40. The van der Waals surface area contributed by atoms with E-state index in [1.807, 2.05) is 19.9 Å². The summed E-state index contributed by atoms with van der Waals surface area (Å²) >= 11 is 6.32. The van der Waals surface area contributed by atoms with E-state index in [1.54, 1.807) is 26.6 Å². The van der Waals surface area contributed by atoms with E-state index in [2.05, 4.69) is 15.4 Å². The smallest absolute Gasteiger partial charge is 0.317 e. The van der Waals surface area contributed by atoms with Crippen LogP contribution in [0.2, 0.25) is 5.02 Å². The highest BCUT2D eigenvalue weighted by atomic mass is 35.5. The fraction of sp³-hybridized carbons (Fsp3) is 0.545. The number of urea groups is 1. The molecule has 1 aliphatic heterocycles. The van der Waals surface area contributed by atoms with Gasteiger partial charge >= 0.3 is 6.03 Å². The molecule has 8 nitrogen and oxygen atoms in total. The third kappa shape index (κ3) is 4.84. The number of amides is 3. The number of rotatable bonds is 3. The van der Waals surface area contributed by atoms with E-state index in [9.17, 15) is 9.59 Å². The number of hydrogen-bond acceptors (Lipinski definition) is 4. The lowest BCUT2D eigenvalue weighted by Crippen LogP contribution is -2.54. The molecule has 9 heteroatoms. The third-order valence-corrected chi connectivity index (χ3v) is 6.35. The Morgan fingerprint density at radius 3 is 2.35 bits per heavy atom. The fourth-order valence-electron chi connectivity index (χ4n) is 4.34. The standard InChI is InChI=1S/C22H29ClN6O2/c1-15-14-16(2)29(26-15)19-9-8-18(23)20(25-19)21(30)27-10-12-28(13-11-27)22(31)24-17-6-4-3-5-7-17/h8-9,14,17H,3-7,10-13H2,1-2H3,(H,24,31). The molecule has 1 aliphatic carbocycles. The van der Waals surface area contributed by atoms with Gasteiger partial charge in [-0.25, -0.2) is 14.5 Å². The summed E-state index contributed by atoms with van der Waals surface area (Å²) in [6.07, 6.45) is 5.72. The second kappa shape index (κ2) is 9.26. The van der Waals surface area contributed by atoms with Gasteiger partial charge < -0.3 is 15.1 Å². The Bertz CT molecular complexity index is 961. The number of aryl methyl sites for hydroxylation is 2. The van der Waals surface area contributed by atoms with Gasteiger partial charge in [-0.2, -0.15) is 5.10 Å². The molecular weight excluding hydrogens is 416 g/mol. The predicted octanol–water partition coefficient (Wildman–Crippen LogP) is 3.34. The van der Waals surface area contributed by atoms with Crippen LogP contribution in [0, 0.1) is 13.8 Å². The van der Waals surface area contributed by atoms with Crippen LogP contribution in [-0.4, -0.2) is 68.7 Å². The minimum absolute atomic E-state index is 0.0262. The van der Waals surface area contributed by atoms with Gasteiger partial charge in [-0.3, -0.25) is 4.79 Å². The highest BCUT2D eigenvalue weighted by molar-refractivity contribution is 6.33. The quantitative estimate of drug-likeness (QED) is 0.786. The van der Waals surface area contributed by atoms with E-state index in [4.69, 9.17) is 11.6 Å². The van der Waals surface area contributed by atoms with E-state index in [0.29, 0.717) is 37.0 Å². The SMILES string of the molecule is Cc1cc(C)n(-c2ccc(Cl)c(C(=O)N3CCN(C(=O)NC4CCCCC4)CC3)n2)n1. The number of aromatic nitrogens is 3. The molecule has 2 aliphatic rings. The Morgan fingerprint density at radius 2 is 1.71 bits per heavy atom. The van der Waals surface area contributed by atoms with Gasteiger partial charge in [0.15, 0.2) is 5.82 Å². The van der Waals surface area contributed by atoms with Crippen molar-refractivity contribution in [1.82, 2.24) is 29.9 Å². The number of carbonyl (C=O) groups is 2. The highest BCUT2D eigenvalue weighted by Crippen LogP contribution is 2.21. The Hall–Kier alpha value is -2.61. The fourth-order valence-corrected chi connectivity index (χ4v) is 4.52. The second-order valence-corrected chi connectivity index (χ2v) is 8.81. The van der Waals surface area contributed by atoms with Crippen LogP contribution < -0.4 is 5.32 Å². The van der Waals surface area contributed by atoms with Crippen molar-refractivity contribution >= 4 is 23.5 Å². The van der Waals surface area contributed by atoms with Crippen LogP contribution in [-0.2, 0) is 0 Å². The van der Waals surface area contributed by atoms with Crippen molar-refractivity contribution in [1.29, 1.82) is 0 Å². The summed E-state index contributed by atoms with van der Waals surface area (Å²) < 4.78 is 1.70. The van der Waals surface area contributed by atoms with Gasteiger partial charge in [-0.15, -0.1) is 0 Å². The van der Waals surface area contributed by atoms with Gasteiger partial charge in [0.1, 0.15) is 5.69 Å². The maximum atomic E-state index is 13.1. The van der Waals surface area contributed by atoms with Crippen LogP contribution in [0.3, 0.4) is 0 Å². The zero-order chi connectivity index (χ0) is 22.0. The van der Waals surface area contributed by atoms with E-state index < -0.39 is 0 Å². The molecule has 31 heavy (non-hydrogen) atoms. The van der Waals surface area contributed by atoms with Crippen LogP contribution in [0.25, 0.3) is 5.82 Å². The molecular formula is C22H29ClN6O2. The van der Waals surface area contributed by atoms with Crippen molar-refractivity contribution in [3.8, 4) is 5.82 Å². The minimum atomic E-state index is -0.222. The molecule has 0 atom stereocenters. The predicted molar refractivity (Wildman–Crippen MR) is 119 cm³/mol. The van der Waals surface area contributed by atoms with E-state index in [-0.39, 0.29) is 23.7 Å². The Labute approximate surface area is 187 Å². The molecule has 0 aromatic carbocycles. The van der Waals surface area contributed by atoms with Gasteiger partial charge in [0.05, 0.1) is 10.7 Å². The van der Waals surface area contributed by atoms with Crippen LogP contribution in [0.1, 0.15) is 54.0 Å². The van der Waals surface area contributed by atoms with Crippen molar-refractivity contribution in [3.05, 3.63) is 40.3 Å². The monoisotopic (exact) mass is 444 g/mol. The Balaban J connectivity index is 1.40. The maximum absolute atomic E-state index is 13.1. The molecule has 3 heterocycles. The van der Waals surface area contributed by atoms with Crippen LogP contribution >= 0.6 is 11.6 Å². The number of carbonyl (C=O) groups excluding carboxylic acids is 2. The first-order valence-corrected chi connectivity index (χ1v) is 11.3. The average Bonchev–Trinajstić information content (AvgIpc) is 3.12. The first-order valence-electron chi connectivity index (χ1n) is 11.0. The van der Waals surface area contributed by atoms with Crippen molar-refractivity contribution in [2.75, 3.05) is 26.2 Å². The summed E-state index contributed by atoms with van der Waals surface area (Å²) in [6, 6.07) is 5.64. The Morgan fingerprint density at radius 1 is 1.03 bits per heavy atom. The number of nitrogens with one attached hydrogen (secondary N) is 1. The lowest BCUT2D eigenvalue weighted by molar-refractivity contribution is 0.0657. The van der Waals surface area contributed by atoms with Crippen molar-refractivity contribution in [2.24, 2.45) is 0 Å². The summed E-state index contributed by atoms with van der Waals surface area (Å²) in [4.78, 5) is 33.7. The maximum Gasteiger partial charge on any atom is 0.317 e. The number of hydrogen-bond donors (Lipinski definition) is 1. The van der Waals surface area contributed by atoms with E-state index >= 15 is 0 Å². The summed E-state index contributed by atoms with van der Waals surface area (Å²) in [6.45, 7) is 5.76. The van der Waals surface area contributed by atoms with Gasteiger partial charge in [-0.05, 0) is 44.9 Å². The first kappa shape index (κ1) is 21.6. The molecule has 2 aromatic heterocycles. The van der Waals surface area contributed by atoms with E-state index in [0.717, 1.165) is 24.2 Å². The van der Waals surface area contributed by atoms with Gasteiger partial charge in [0.25, 0.3) is 5.91 Å². The molecule has 0 radical (unpaired) electrons. The lowest BCUT2D eigenvalue weighted by Gasteiger charge is -2.36. The third-order valence-electron chi connectivity index (χ3n) is 6.05. The van der Waals surface area contributed by atoms with Crippen molar-refractivity contribution in [3.63, 3.8) is 0 Å². The van der Waals surface area contributed by atoms with Gasteiger partial charge in [0, 0.05) is 37.9 Å². The lowest BCUT2D eigenvalue weighted by atomic mass is 9.96. The summed E-state index contributed by atoms with van der Waals surface area (Å²) in [5, 5.41) is 7.89. The Kier molecular flexibility index (Phi) is 6.46. The summed E-state index contributed by atoms with van der Waals surface area (Å²) in [5.41, 5.74) is 2.03.